The molecule has 21 heavy (non-hydrogen) atoms. The van der Waals surface area contributed by atoms with Crippen molar-refractivity contribution in [2.24, 2.45) is 0 Å². The van der Waals surface area contributed by atoms with Crippen LogP contribution in [-0.4, -0.2) is 28.1 Å². The van der Waals surface area contributed by atoms with Crippen LogP contribution in [0.25, 0.3) is 0 Å². The van der Waals surface area contributed by atoms with Crippen LogP contribution in [-0.2, 0) is 24.3 Å². The maximum Gasteiger partial charge on any atom is 0.370 e. The van der Waals surface area contributed by atoms with Crippen LogP contribution in [0.3, 0.4) is 0 Å². The van der Waals surface area contributed by atoms with E-state index in [1.165, 1.54) is 0 Å². The molecule has 0 aromatic heterocycles. The predicted octanol–water partition coefficient (Wildman–Crippen LogP) is 3.84. The van der Waals surface area contributed by atoms with Crippen molar-refractivity contribution in [1.82, 2.24) is 0 Å². The zero-order valence-electron chi connectivity index (χ0n) is 14.3. The summed E-state index contributed by atoms with van der Waals surface area (Å²) in [6.07, 6.45) is 1.98. The second kappa shape index (κ2) is 8.08. The quantitative estimate of drug-likeness (QED) is 0.355. The third-order valence-corrected chi connectivity index (χ3v) is 3.41. The van der Waals surface area contributed by atoms with E-state index >= 15 is 0 Å². The summed E-state index contributed by atoms with van der Waals surface area (Å²) in [5, 5.41) is 9.48. The number of carboxylic acid groups (broad SMARTS) is 1. The summed E-state index contributed by atoms with van der Waals surface area (Å²) in [5.41, 5.74) is -1.23. The highest BCUT2D eigenvalue weighted by Gasteiger charge is 2.46. The van der Waals surface area contributed by atoms with E-state index in [1.807, 2.05) is 48.5 Å². The van der Waals surface area contributed by atoms with Gasteiger partial charge in [-0.25, -0.2) is 14.6 Å². The summed E-state index contributed by atoms with van der Waals surface area (Å²) in [6, 6.07) is 0. The Labute approximate surface area is 127 Å². The summed E-state index contributed by atoms with van der Waals surface area (Å²) >= 11 is 0. The van der Waals surface area contributed by atoms with Gasteiger partial charge in [0.05, 0.1) is 11.2 Å². The van der Waals surface area contributed by atoms with E-state index in [0.29, 0.717) is 19.3 Å². The van der Waals surface area contributed by atoms with E-state index in [1.54, 1.807) is 0 Å². The molecular formula is C15H30O6. The number of aliphatic carboxylic acids is 1. The molecule has 0 aromatic rings. The first-order chi connectivity index (χ1) is 9.54. The van der Waals surface area contributed by atoms with Crippen LogP contribution in [0.1, 0.15) is 74.1 Å². The van der Waals surface area contributed by atoms with Gasteiger partial charge in [-0.05, 0) is 40.5 Å². The highest BCUT2D eigenvalue weighted by molar-refractivity contribution is 5.75. The zero-order chi connectivity index (χ0) is 16.7. The van der Waals surface area contributed by atoms with Crippen LogP contribution in [0, 0.1) is 0 Å². The van der Waals surface area contributed by atoms with Gasteiger partial charge in [-0.3, -0.25) is 0 Å². The van der Waals surface area contributed by atoms with Gasteiger partial charge in [0.1, 0.15) is 0 Å². The molecule has 0 rings (SSSR count). The first-order valence-electron chi connectivity index (χ1n) is 7.51. The van der Waals surface area contributed by atoms with Crippen molar-refractivity contribution >= 4 is 5.97 Å². The average Bonchev–Trinajstić information content (AvgIpc) is 2.42. The molecule has 0 bridgehead atoms. The van der Waals surface area contributed by atoms with Gasteiger partial charge in [0, 0.05) is 6.42 Å². The third-order valence-electron chi connectivity index (χ3n) is 3.41. The molecular weight excluding hydrogens is 276 g/mol. The van der Waals surface area contributed by atoms with Gasteiger partial charge in [-0.15, -0.1) is 0 Å². The summed E-state index contributed by atoms with van der Waals surface area (Å²) in [4.78, 5) is 32.5. The predicted molar refractivity (Wildman–Crippen MR) is 78.4 cm³/mol. The molecule has 0 atom stereocenters. The molecule has 0 amide bonds. The van der Waals surface area contributed by atoms with Crippen molar-refractivity contribution in [2.75, 3.05) is 0 Å². The molecule has 0 aromatic carbocycles. The summed E-state index contributed by atoms with van der Waals surface area (Å²) < 4.78 is 0. The topological polar surface area (TPSA) is 74.2 Å². The molecule has 0 aliphatic rings. The molecule has 0 heterocycles. The number of rotatable bonds is 11. The Morgan fingerprint density at radius 2 is 1.24 bits per heavy atom. The summed E-state index contributed by atoms with van der Waals surface area (Å²) in [5.74, 6) is -3.24. The van der Waals surface area contributed by atoms with E-state index in [4.69, 9.17) is 19.6 Å². The molecule has 126 valence electrons. The molecule has 0 fully saturated rings. The first kappa shape index (κ1) is 20.3. The normalized spacial score (nSPS) is 13.5. The Morgan fingerprint density at radius 3 is 1.48 bits per heavy atom. The molecule has 6 heteroatoms. The van der Waals surface area contributed by atoms with Crippen molar-refractivity contribution < 1.29 is 29.5 Å². The molecule has 6 nitrogen and oxygen atoms in total. The smallest absolute Gasteiger partial charge is 0.370 e. The number of carboxylic acids is 1. The SMILES string of the molecule is CCCC(OOC(C)(C)CC)(OOC(C)(C)CC)C(=O)O. The highest BCUT2D eigenvalue weighted by Crippen LogP contribution is 2.28. The molecule has 0 radical (unpaired) electrons. The van der Waals surface area contributed by atoms with Crippen LogP contribution in [0.2, 0.25) is 0 Å². The minimum absolute atomic E-state index is 0.113. The van der Waals surface area contributed by atoms with Gasteiger partial charge in [0.15, 0.2) is 0 Å². The fourth-order valence-corrected chi connectivity index (χ4v) is 1.08. The maximum atomic E-state index is 11.6. The van der Waals surface area contributed by atoms with Crippen LogP contribution < -0.4 is 0 Å². The van der Waals surface area contributed by atoms with Crippen molar-refractivity contribution in [2.45, 2.75) is 91.1 Å². The van der Waals surface area contributed by atoms with Gasteiger partial charge in [-0.2, -0.15) is 9.78 Å². The Bertz CT molecular complexity index is 304. The molecule has 0 saturated heterocycles. The number of hydrogen-bond acceptors (Lipinski definition) is 5. The zero-order valence-corrected chi connectivity index (χ0v) is 14.3. The van der Waals surface area contributed by atoms with Crippen LogP contribution in [0.15, 0.2) is 0 Å². The van der Waals surface area contributed by atoms with Gasteiger partial charge in [-0.1, -0.05) is 27.2 Å². The van der Waals surface area contributed by atoms with E-state index in [9.17, 15) is 9.90 Å². The second-order valence-corrected chi connectivity index (χ2v) is 6.37. The van der Waals surface area contributed by atoms with E-state index in [2.05, 4.69) is 0 Å². The second-order valence-electron chi connectivity index (χ2n) is 6.37. The Kier molecular flexibility index (Phi) is 7.81. The Morgan fingerprint density at radius 1 is 0.857 bits per heavy atom. The Balaban J connectivity index is 5.04. The van der Waals surface area contributed by atoms with Crippen molar-refractivity contribution in [3.63, 3.8) is 0 Å². The van der Waals surface area contributed by atoms with Crippen molar-refractivity contribution in [3.8, 4) is 0 Å². The van der Waals surface area contributed by atoms with Gasteiger partial charge < -0.3 is 5.11 Å². The summed E-state index contributed by atoms with van der Waals surface area (Å²) in [7, 11) is 0. The molecule has 0 aliphatic heterocycles. The van der Waals surface area contributed by atoms with Gasteiger partial charge in [0.25, 0.3) is 0 Å². The molecule has 0 aliphatic carbocycles. The first-order valence-corrected chi connectivity index (χ1v) is 7.51. The fourth-order valence-electron chi connectivity index (χ4n) is 1.08. The monoisotopic (exact) mass is 306 g/mol. The minimum atomic E-state index is -1.96. The highest BCUT2D eigenvalue weighted by atomic mass is 17.3. The molecule has 0 spiro atoms. The fraction of sp³-hybridized carbons (Fsp3) is 0.933. The van der Waals surface area contributed by atoms with Crippen LogP contribution in [0.5, 0.6) is 0 Å². The lowest BCUT2D eigenvalue weighted by atomic mass is 10.1. The number of carbonyl (C=O) groups is 1. The standard InChI is InChI=1S/C15H30O6/c1-8-11-15(12(16)17,20-18-13(4,5)9-2)21-19-14(6,7)10-3/h8-11H2,1-7H3,(H,16,17). The van der Waals surface area contributed by atoms with E-state index < -0.39 is 23.0 Å². The Hall–Kier alpha value is -0.690. The largest absolute Gasteiger partial charge is 0.477 e. The van der Waals surface area contributed by atoms with E-state index in [-0.39, 0.29) is 6.42 Å². The molecule has 0 unspecified atom stereocenters. The maximum absolute atomic E-state index is 11.6. The van der Waals surface area contributed by atoms with Crippen LogP contribution >= 0.6 is 0 Å². The lowest BCUT2D eigenvalue weighted by Gasteiger charge is -2.33. The lowest BCUT2D eigenvalue weighted by molar-refractivity contribution is -0.530. The van der Waals surface area contributed by atoms with Crippen molar-refractivity contribution in [3.05, 3.63) is 0 Å². The van der Waals surface area contributed by atoms with Gasteiger partial charge >= 0.3 is 11.8 Å². The van der Waals surface area contributed by atoms with Gasteiger partial charge in [0.2, 0.25) is 0 Å². The summed E-state index contributed by atoms with van der Waals surface area (Å²) in [6.45, 7) is 12.9. The van der Waals surface area contributed by atoms with E-state index in [0.717, 1.165) is 0 Å². The molecule has 0 saturated carbocycles. The van der Waals surface area contributed by atoms with Crippen molar-refractivity contribution in [1.29, 1.82) is 0 Å². The lowest BCUT2D eigenvalue weighted by Crippen LogP contribution is -2.48. The minimum Gasteiger partial charge on any atom is -0.477 e. The van der Waals surface area contributed by atoms with Crippen LogP contribution in [0.4, 0.5) is 0 Å². The molecule has 1 N–H and O–H groups in total. The average molecular weight is 306 g/mol. The number of hydrogen-bond donors (Lipinski definition) is 1. The third kappa shape index (κ3) is 6.74.